The minimum atomic E-state index is 0.102. The largest absolute Gasteiger partial charge is 0.355 e. The number of benzene rings is 1. The van der Waals surface area contributed by atoms with E-state index >= 15 is 0 Å². The summed E-state index contributed by atoms with van der Waals surface area (Å²) in [4.78, 5) is 30.3. The number of amides is 2. The van der Waals surface area contributed by atoms with Crippen LogP contribution in [0.4, 0.5) is 0 Å². The highest BCUT2D eigenvalue weighted by molar-refractivity contribution is 7.99. The van der Waals surface area contributed by atoms with Crippen LogP contribution in [0.2, 0.25) is 0 Å². The van der Waals surface area contributed by atoms with E-state index in [1.165, 1.54) is 11.3 Å². The molecule has 2 saturated heterocycles. The lowest BCUT2D eigenvalue weighted by atomic mass is 9.94. The van der Waals surface area contributed by atoms with E-state index in [1.54, 1.807) is 0 Å². The molecular weight excluding hydrogens is 370 g/mol. The first kappa shape index (κ1) is 21.2. The van der Waals surface area contributed by atoms with Crippen molar-refractivity contribution >= 4 is 23.6 Å². The highest BCUT2D eigenvalue weighted by Gasteiger charge is 2.29. The molecule has 0 radical (unpaired) electrons. The molecule has 2 amide bonds. The normalized spacial score (nSPS) is 18.8. The minimum absolute atomic E-state index is 0.102. The first-order valence-corrected chi connectivity index (χ1v) is 11.7. The van der Waals surface area contributed by atoms with Crippen LogP contribution in [-0.2, 0) is 9.59 Å². The van der Waals surface area contributed by atoms with Crippen LogP contribution in [0.3, 0.4) is 0 Å². The molecule has 0 unspecified atom stereocenters. The Morgan fingerprint density at radius 1 is 1.00 bits per heavy atom. The lowest BCUT2D eigenvalue weighted by molar-refractivity contribution is -0.138. The number of hydrogen-bond acceptors (Lipinski definition) is 4. The smallest absolute Gasteiger partial charge is 0.234 e. The maximum atomic E-state index is 12.6. The Kier molecular flexibility index (Phi) is 8.68. The van der Waals surface area contributed by atoms with Crippen LogP contribution in [0.5, 0.6) is 0 Å². The maximum Gasteiger partial charge on any atom is 0.234 e. The molecule has 2 fully saturated rings. The van der Waals surface area contributed by atoms with Crippen LogP contribution in [-0.4, -0.2) is 66.6 Å². The summed E-state index contributed by atoms with van der Waals surface area (Å²) < 4.78 is 0. The molecule has 3 rings (SSSR count). The molecule has 2 aliphatic heterocycles. The molecule has 2 aliphatic rings. The Labute approximate surface area is 173 Å². The number of thioether (sulfide) groups is 1. The highest BCUT2D eigenvalue weighted by atomic mass is 32.2. The second-order valence-electron chi connectivity index (χ2n) is 7.80. The molecule has 2 heterocycles. The molecule has 0 aliphatic carbocycles. The van der Waals surface area contributed by atoms with Gasteiger partial charge >= 0.3 is 0 Å². The van der Waals surface area contributed by atoms with Gasteiger partial charge in [0.15, 0.2) is 0 Å². The average molecular weight is 404 g/mol. The summed E-state index contributed by atoms with van der Waals surface area (Å²) in [6.45, 7) is 4.75. The second-order valence-corrected chi connectivity index (χ2v) is 8.97. The zero-order valence-corrected chi connectivity index (χ0v) is 17.6. The van der Waals surface area contributed by atoms with Crippen LogP contribution in [0.25, 0.3) is 0 Å². The molecule has 5 nitrogen and oxygen atoms in total. The van der Waals surface area contributed by atoms with Gasteiger partial charge in [-0.25, -0.2) is 0 Å². The van der Waals surface area contributed by atoms with Crippen molar-refractivity contribution in [3.63, 3.8) is 0 Å². The summed E-state index contributed by atoms with van der Waals surface area (Å²) in [5.74, 6) is 1.62. The van der Waals surface area contributed by atoms with Crippen LogP contribution in [0.15, 0.2) is 35.2 Å². The molecule has 1 N–H and O–H groups in total. The lowest BCUT2D eigenvalue weighted by Crippen LogP contribution is -2.46. The maximum absolute atomic E-state index is 12.6. The predicted molar refractivity (Wildman–Crippen MR) is 114 cm³/mol. The third kappa shape index (κ3) is 6.82. The van der Waals surface area contributed by atoms with Crippen LogP contribution in [0.1, 0.15) is 38.5 Å². The van der Waals surface area contributed by atoms with E-state index in [2.05, 4.69) is 27.2 Å². The fraction of sp³-hybridized carbons (Fsp3) is 0.636. The van der Waals surface area contributed by atoms with E-state index in [0.717, 1.165) is 70.6 Å². The third-order valence-electron chi connectivity index (χ3n) is 5.63. The van der Waals surface area contributed by atoms with Crippen molar-refractivity contribution in [2.24, 2.45) is 5.92 Å². The topological polar surface area (TPSA) is 52.7 Å². The Bertz CT molecular complexity index is 611. The molecule has 6 heteroatoms. The number of piperidine rings is 2. The van der Waals surface area contributed by atoms with Gasteiger partial charge in [-0.15, -0.1) is 11.8 Å². The number of hydrogen-bond donors (Lipinski definition) is 1. The first-order chi connectivity index (χ1) is 13.7. The standard InChI is InChI=1S/C22H33N3O2S/c26-21(23-12-7-17-28-20-8-3-1-4-9-20)18-24-15-10-19(11-16-24)22(27)25-13-5-2-6-14-25/h1,3-4,8-9,19H,2,5-7,10-18H2,(H,23,26). The van der Waals surface area contributed by atoms with Crippen LogP contribution >= 0.6 is 11.8 Å². The monoisotopic (exact) mass is 403 g/mol. The van der Waals surface area contributed by atoms with Crippen molar-refractivity contribution in [1.29, 1.82) is 0 Å². The summed E-state index contributed by atoms with van der Waals surface area (Å²) in [5.41, 5.74) is 0. The summed E-state index contributed by atoms with van der Waals surface area (Å²) in [7, 11) is 0. The van der Waals surface area contributed by atoms with Crippen molar-refractivity contribution in [1.82, 2.24) is 15.1 Å². The van der Waals surface area contributed by atoms with Crippen molar-refractivity contribution in [2.75, 3.05) is 45.0 Å². The number of rotatable bonds is 8. The highest BCUT2D eigenvalue weighted by Crippen LogP contribution is 2.22. The van der Waals surface area contributed by atoms with Crippen molar-refractivity contribution in [2.45, 2.75) is 43.4 Å². The number of carbonyl (C=O) groups is 2. The number of nitrogens with zero attached hydrogens (tertiary/aromatic N) is 2. The average Bonchev–Trinajstić information content (AvgIpc) is 2.75. The summed E-state index contributed by atoms with van der Waals surface area (Å²) in [6, 6.07) is 10.4. The Hall–Kier alpha value is -1.53. The quantitative estimate of drug-likeness (QED) is 0.536. The fourth-order valence-corrected chi connectivity index (χ4v) is 4.85. The first-order valence-electron chi connectivity index (χ1n) is 10.7. The SMILES string of the molecule is O=C(CN1CCC(C(=O)N2CCCCC2)CC1)NCCCSc1ccccc1. The van der Waals surface area contributed by atoms with E-state index in [1.807, 2.05) is 30.0 Å². The molecule has 1 aromatic rings. The third-order valence-corrected chi connectivity index (χ3v) is 6.73. The summed E-state index contributed by atoms with van der Waals surface area (Å²) in [6.07, 6.45) is 6.29. The van der Waals surface area contributed by atoms with Gasteiger partial charge in [0.05, 0.1) is 6.54 Å². The Morgan fingerprint density at radius 2 is 1.71 bits per heavy atom. The van der Waals surface area contributed by atoms with Gasteiger partial charge in [-0.1, -0.05) is 18.2 Å². The van der Waals surface area contributed by atoms with Gasteiger partial charge in [0.2, 0.25) is 11.8 Å². The van der Waals surface area contributed by atoms with Crippen molar-refractivity contribution < 1.29 is 9.59 Å². The number of carbonyl (C=O) groups excluding carboxylic acids is 2. The zero-order chi connectivity index (χ0) is 19.6. The second kappa shape index (κ2) is 11.5. The van der Waals surface area contributed by atoms with Gasteiger partial charge in [-0.3, -0.25) is 14.5 Å². The van der Waals surface area contributed by atoms with Gasteiger partial charge in [-0.2, -0.15) is 0 Å². The lowest BCUT2D eigenvalue weighted by Gasteiger charge is -2.35. The summed E-state index contributed by atoms with van der Waals surface area (Å²) in [5, 5.41) is 3.03. The molecule has 0 spiro atoms. The van der Waals surface area contributed by atoms with Gasteiger partial charge in [0.25, 0.3) is 0 Å². The van der Waals surface area contributed by atoms with Gasteiger partial charge in [-0.05, 0) is 69.5 Å². The van der Waals surface area contributed by atoms with E-state index < -0.39 is 0 Å². The van der Waals surface area contributed by atoms with Gasteiger partial charge < -0.3 is 10.2 Å². The molecule has 154 valence electrons. The van der Waals surface area contributed by atoms with Crippen molar-refractivity contribution in [3.05, 3.63) is 30.3 Å². The molecule has 0 atom stereocenters. The molecule has 0 saturated carbocycles. The Balaban J connectivity index is 1.26. The molecule has 28 heavy (non-hydrogen) atoms. The number of nitrogens with one attached hydrogen (secondary N) is 1. The molecular formula is C22H33N3O2S. The van der Waals surface area contributed by atoms with Gasteiger partial charge in [0, 0.05) is 30.4 Å². The molecule has 0 bridgehead atoms. The summed E-state index contributed by atoms with van der Waals surface area (Å²) >= 11 is 1.82. The molecule has 0 aromatic heterocycles. The predicted octanol–water partition coefficient (Wildman–Crippen LogP) is 3.01. The number of likely N-dealkylation sites (tertiary alicyclic amines) is 2. The molecule has 1 aromatic carbocycles. The minimum Gasteiger partial charge on any atom is -0.355 e. The zero-order valence-electron chi connectivity index (χ0n) is 16.8. The van der Waals surface area contributed by atoms with Crippen molar-refractivity contribution in [3.8, 4) is 0 Å². The van der Waals surface area contributed by atoms with E-state index in [-0.39, 0.29) is 11.8 Å². The van der Waals surface area contributed by atoms with Crippen LogP contribution < -0.4 is 5.32 Å². The fourth-order valence-electron chi connectivity index (χ4n) is 3.98. The van der Waals surface area contributed by atoms with Gasteiger partial charge in [0.1, 0.15) is 0 Å². The van der Waals surface area contributed by atoms with Crippen LogP contribution in [0, 0.1) is 5.92 Å². The van der Waals surface area contributed by atoms with E-state index in [0.29, 0.717) is 12.5 Å². The van der Waals surface area contributed by atoms with E-state index in [9.17, 15) is 9.59 Å². The Morgan fingerprint density at radius 3 is 2.43 bits per heavy atom. The van der Waals surface area contributed by atoms with E-state index in [4.69, 9.17) is 0 Å².